The van der Waals surface area contributed by atoms with Crippen LogP contribution >= 0.6 is 0 Å². The highest BCUT2D eigenvalue weighted by molar-refractivity contribution is 5.92. The van der Waals surface area contributed by atoms with Gasteiger partial charge >= 0.3 is 12.1 Å². The van der Waals surface area contributed by atoms with E-state index in [1.165, 1.54) is 0 Å². The third-order valence-electron chi connectivity index (χ3n) is 6.62. The van der Waals surface area contributed by atoms with Gasteiger partial charge in [0.05, 0.1) is 13.0 Å². The lowest BCUT2D eigenvalue weighted by molar-refractivity contribution is -0.147. The molecule has 1 aromatic rings. The second-order valence-corrected chi connectivity index (χ2v) is 11.7. The maximum absolute atomic E-state index is 14.4. The minimum absolute atomic E-state index is 0.0215. The molecule has 9 nitrogen and oxygen atoms in total. The Morgan fingerprint density at radius 1 is 0.950 bits per heavy atom. The molecule has 0 aliphatic carbocycles. The highest BCUT2D eigenvalue weighted by Crippen LogP contribution is 2.29. The van der Waals surface area contributed by atoms with Crippen molar-refractivity contribution in [3.05, 3.63) is 35.9 Å². The van der Waals surface area contributed by atoms with Crippen molar-refractivity contribution in [1.29, 1.82) is 0 Å². The molecular weight excluding hydrogens is 510 g/mol. The van der Waals surface area contributed by atoms with Crippen LogP contribution in [0.5, 0.6) is 0 Å². The van der Waals surface area contributed by atoms with Crippen molar-refractivity contribution >= 4 is 23.9 Å². The Hall–Kier alpha value is -3.10. The molecule has 40 heavy (non-hydrogen) atoms. The first kappa shape index (κ1) is 34.9. The summed E-state index contributed by atoms with van der Waals surface area (Å²) in [6.07, 6.45) is 1.49. The van der Waals surface area contributed by atoms with Crippen molar-refractivity contribution in [3.8, 4) is 0 Å². The number of esters is 1. The summed E-state index contributed by atoms with van der Waals surface area (Å²) in [5.74, 6) is -0.983. The molecule has 0 saturated carbocycles. The number of rotatable bonds is 15. The largest absolute Gasteiger partial charge is 0.466 e. The average molecular weight is 562 g/mol. The van der Waals surface area contributed by atoms with E-state index in [1.54, 1.807) is 32.6 Å². The van der Waals surface area contributed by atoms with Crippen molar-refractivity contribution in [2.45, 2.75) is 112 Å². The molecule has 226 valence electrons. The molecule has 1 rings (SSSR count). The molecule has 4 unspecified atom stereocenters. The zero-order chi connectivity index (χ0) is 30.5. The summed E-state index contributed by atoms with van der Waals surface area (Å²) < 4.78 is 10.5. The van der Waals surface area contributed by atoms with Crippen LogP contribution in [-0.2, 0) is 23.9 Å². The van der Waals surface area contributed by atoms with Crippen LogP contribution in [0.15, 0.2) is 30.3 Å². The van der Waals surface area contributed by atoms with Crippen LogP contribution in [-0.4, -0.2) is 59.6 Å². The molecule has 0 radical (unpaired) electrons. The summed E-state index contributed by atoms with van der Waals surface area (Å²) in [4.78, 5) is 54.5. The Bertz CT molecular complexity index is 944. The smallest absolute Gasteiger partial charge is 0.408 e. The number of nitrogens with one attached hydrogen (secondary N) is 2. The van der Waals surface area contributed by atoms with Crippen LogP contribution in [0.25, 0.3) is 0 Å². The predicted molar refractivity (Wildman–Crippen MR) is 156 cm³/mol. The van der Waals surface area contributed by atoms with Gasteiger partial charge in [-0.25, -0.2) is 4.79 Å². The molecule has 0 heterocycles. The molecular formula is C31H51N3O6. The number of amides is 3. The minimum atomic E-state index is -0.968. The van der Waals surface area contributed by atoms with Gasteiger partial charge in [0.25, 0.3) is 0 Å². The van der Waals surface area contributed by atoms with Crippen LogP contribution < -0.4 is 10.6 Å². The number of ether oxygens (including phenoxy) is 2. The maximum atomic E-state index is 14.4. The molecule has 1 aromatic carbocycles. The van der Waals surface area contributed by atoms with Crippen molar-refractivity contribution in [2.24, 2.45) is 11.8 Å². The molecule has 0 fully saturated rings. The second-order valence-electron chi connectivity index (χ2n) is 11.7. The van der Waals surface area contributed by atoms with Gasteiger partial charge in [-0.15, -0.1) is 0 Å². The molecule has 0 aliphatic heterocycles. The van der Waals surface area contributed by atoms with E-state index in [2.05, 4.69) is 24.5 Å². The number of nitrogens with zero attached hydrogens (tertiary/aromatic N) is 1. The Balaban J connectivity index is 3.51. The second kappa shape index (κ2) is 16.9. The fraction of sp³-hybridized carbons (Fsp3) is 0.677. The summed E-state index contributed by atoms with van der Waals surface area (Å²) in [6, 6.07) is 6.92. The Kier molecular flexibility index (Phi) is 14.7. The van der Waals surface area contributed by atoms with E-state index in [4.69, 9.17) is 9.47 Å². The monoisotopic (exact) mass is 561 g/mol. The van der Waals surface area contributed by atoms with Crippen LogP contribution in [0.3, 0.4) is 0 Å². The zero-order valence-corrected chi connectivity index (χ0v) is 25.9. The van der Waals surface area contributed by atoms with E-state index in [1.807, 2.05) is 51.1 Å². The molecule has 3 amide bonds. The number of carbonyl (C=O) groups is 4. The lowest BCUT2D eigenvalue weighted by Gasteiger charge is -2.40. The molecule has 4 atom stereocenters. The van der Waals surface area contributed by atoms with Crippen molar-refractivity contribution in [3.63, 3.8) is 0 Å². The van der Waals surface area contributed by atoms with Crippen molar-refractivity contribution in [2.75, 3.05) is 13.2 Å². The zero-order valence-electron chi connectivity index (χ0n) is 25.9. The van der Waals surface area contributed by atoms with Crippen LogP contribution in [0.2, 0.25) is 0 Å². The lowest BCUT2D eigenvalue weighted by atomic mass is 9.93. The molecule has 2 N–H and O–H groups in total. The van der Waals surface area contributed by atoms with E-state index < -0.39 is 35.7 Å². The summed E-state index contributed by atoms with van der Waals surface area (Å²) in [5.41, 5.74) is -0.0935. The van der Waals surface area contributed by atoms with Gasteiger partial charge in [0, 0.05) is 12.6 Å². The van der Waals surface area contributed by atoms with Gasteiger partial charge in [-0.2, -0.15) is 0 Å². The summed E-state index contributed by atoms with van der Waals surface area (Å²) >= 11 is 0. The number of carbonyl (C=O) groups excluding carboxylic acids is 4. The summed E-state index contributed by atoms with van der Waals surface area (Å²) in [7, 11) is 0. The van der Waals surface area contributed by atoms with Crippen molar-refractivity contribution in [1.82, 2.24) is 15.5 Å². The van der Waals surface area contributed by atoms with E-state index in [0.29, 0.717) is 24.3 Å². The molecule has 9 heteroatoms. The first-order valence-electron chi connectivity index (χ1n) is 14.5. The number of benzene rings is 1. The van der Waals surface area contributed by atoms with Gasteiger partial charge in [-0.1, -0.05) is 64.4 Å². The van der Waals surface area contributed by atoms with Gasteiger partial charge in [0.2, 0.25) is 11.8 Å². The Morgan fingerprint density at radius 2 is 1.57 bits per heavy atom. The highest BCUT2D eigenvalue weighted by Gasteiger charge is 2.40. The maximum Gasteiger partial charge on any atom is 0.408 e. The van der Waals surface area contributed by atoms with Gasteiger partial charge in [-0.05, 0) is 64.9 Å². The van der Waals surface area contributed by atoms with Crippen LogP contribution in [0.1, 0.15) is 99.6 Å². The van der Waals surface area contributed by atoms with E-state index in [0.717, 1.165) is 6.42 Å². The number of alkyl carbamates (subject to hydrolysis) is 1. The molecule has 0 aromatic heterocycles. The van der Waals surface area contributed by atoms with Gasteiger partial charge in [-0.3, -0.25) is 14.4 Å². The van der Waals surface area contributed by atoms with E-state index in [-0.39, 0.29) is 37.4 Å². The summed E-state index contributed by atoms with van der Waals surface area (Å²) in [5, 5.41) is 5.63. The first-order chi connectivity index (χ1) is 18.7. The molecule has 0 bridgehead atoms. The average Bonchev–Trinajstić information content (AvgIpc) is 2.87. The van der Waals surface area contributed by atoms with Gasteiger partial charge in [0.1, 0.15) is 17.7 Å². The minimum Gasteiger partial charge on any atom is -0.466 e. The molecule has 0 spiro atoms. The SMILES string of the molecule is CCOC(=O)CCNC(=O)C(c1ccccc1)N(C(=O)C(NC(=O)OC(C)(C)C)C(C)CC)C(C)CCC(C)C. The highest BCUT2D eigenvalue weighted by atomic mass is 16.6. The van der Waals surface area contributed by atoms with E-state index in [9.17, 15) is 19.2 Å². The number of hydrogen-bond donors (Lipinski definition) is 2. The first-order valence-corrected chi connectivity index (χ1v) is 14.5. The lowest BCUT2D eigenvalue weighted by Crippen LogP contribution is -2.57. The van der Waals surface area contributed by atoms with Crippen molar-refractivity contribution < 1.29 is 28.7 Å². The third kappa shape index (κ3) is 12.0. The van der Waals surface area contributed by atoms with E-state index >= 15 is 0 Å². The fourth-order valence-corrected chi connectivity index (χ4v) is 4.28. The van der Waals surface area contributed by atoms with Gasteiger partial charge in [0.15, 0.2) is 0 Å². The topological polar surface area (TPSA) is 114 Å². The molecule has 0 saturated heterocycles. The van der Waals surface area contributed by atoms with Crippen LogP contribution in [0.4, 0.5) is 4.79 Å². The Morgan fingerprint density at radius 3 is 2.10 bits per heavy atom. The number of hydrogen-bond acceptors (Lipinski definition) is 6. The predicted octanol–water partition coefficient (Wildman–Crippen LogP) is 5.39. The Labute approximate surface area is 240 Å². The summed E-state index contributed by atoms with van der Waals surface area (Å²) in [6.45, 7) is 17.4. The van der Waals surface area contributed by atoms with Gasteiger partial charge < -0.3 is 25.0 Å². The fourth-order valence-electron chi connectivity index (χ4n) is 4.28. The standard InChI is InChI=1S/C31H51N3O6/c1-10-22(5)26(33-30(38)40-31(7,8)9)29(37)34(23(6)18-17-21(3)4)27(24-15-13-12-14-16-24)28(36)32-20-19-25(35)39-11-2/h12-16,21-23,26-27H,10-11,17-20H2,1-9H3,(H,32,36)(H,33,38). The third-order valence-corrected chi connectivity index (χ3v) is 6.62. The quantitative estimate of drug-likeness (QED) is 0.278. The van der Waals surface area contributed by atoms with Crippen LogP contribution in [0, 0.1) is 11.8 Å². The molecule has 0 aliphatic rings. The normalized spacial score (nSPS) is 14.4.